The number of aliphatic hydroxyl groups is 1. The Morgan fingerprint density at radius 2 is 1.74 bits per heavy atom. The van der Waals surface area contributed by atoms with Gasteiger partial charge in [-0.05, 0) is 24.5 Å². The second-order valence-electron chi connectivity index (χ2n) is 6.56. The lowest BCUT2D eigenvalue weighted by molar-refractivity contribution is 0.154. The highest BCUT2D eigenvalue weighted by Gasteiger charge is 2.24. The number of nitrogens with one attached hydrogen (secondary N) is 1. The van der Waals surface area contributed by atoms with Gasteiger partial charge in [0.2, 0.25) is 17.5 Å². The number of aromatic nitrogens is 2. The van der Waals surface area contributed by atoms with Crippen LogP contribution in [0.4, 0.5) is 0 Å². The minimum atomic E-state index is -0.413. The monoisotopic (exact) mass is 379 g/mol. The van der Waals surface area contributed by atoms with Crippen molar-refractivity contribution in [2.24, 2.45) is 5.92 Å². The highest BCUT2D eigenvalue weighted by molar-refractivity contribution is 5.66. The molecule has 1 aromatic carbocycles. The van der Waals surface area contributed by atoms with Crippen LogP contribution in [0.15, 0.2) is 16.7 Å². The lowest BCUT2D eigenvalue weighted by Gasteiger charge is -2.20. The number of hydrogen-bond donors (Lipinski definition) is 2. The van der Waals surface area contributed by atoms with Crippen LogP contribution in [0.1, 0.15) is 39.1 Å². The molecule has 0 saturated carbocycles. The topological polar surface area (TPSA) is 98.9 Å². The van der Waals surface area contributed by atoms with Gasteiger partial charge in [0.15, 0.2) is 11.5 Å². The van der Waals surface area contributed by atoms with Crippen molar-refractivity contribution in [3.8, 4) is 28.6 Å². The predicted molar refractivity (Wildman–Crippen MR) is 101 cm³/mol. The van der Waals surface area contributed by atoms with Gasteiger partial charge in [0.25, 0.3) is 0 Å². The van der Waals surface area contributed by atoms with E-state index in [1.807, 2.05) is 6.92 Å². The van der Waals surface area contributed by atoms with E-state index in [0.29, 0.717) is 47.5 Å². The Labute approximate surface area is 159 Å². The predicted octanol–water partition coefficient (Wildman–Crippen LogP) is 2.82. The molecule has 0 radical (unpaired) electrons. The zero-order chi connectivity index (χ0) is 20.0. The first kappa shape index (κ1) is 21.0. The lowest BCUT2D eigenvalue weighted by Crippen LogP contribution is -2.32. The molecule has 2 rings (SSSR count). The summed E-state index contributed by atoms with van der Waals surface area (Å²) in [7, 11) is 4.66. The summed E-state index contributed by atoms with van der Waals surface area (Å²) in [6, 6.07) is 3.39. The SMILES string of the molecule is CC[C@H](O)CN[C@H](c1nc(-c2cc(OC)c(OC)c(OC)c2)no1)C(C)C. The second kappa shape index (κ2) is 9.57. The maximum absolute atomic E-state index is 9.81. The maximum atomic E-state index is 9.81. The summed E-state index contributed by atoms with van der Waals surface area (Å²) in [6.07, 6.45) is 0.266. The molecular formula is C19H29N3O5. The molecule has 1 aromatic heterocycles. The van der Waals surface area contributed by atoms with Crippen LogP contribution < -0.4 is 19.5 Å². The molecule has 0 unspecified atom stereocenters. The quantitative estimate of drug-likeness (QED) is 0.650. The average molecular weight is 379 g/mol. The van der Waals surface area contributed by atoms with Gasteiger partial charge in [0.1, 0.15) is 0 Å². The first-order valence-electron chi connectivity index (χ1n) is 9.00. The van der Waals surface area contributed by atoms with Crippen LogP contribution in [0.3, 0.4) is 0 Å². The van der Waals surface area contributed by atoms with Crippen LogP contribution in [0.2, 0.25) is 0 Å². The Hall–Kier alpha value is -2.32. The number of aliphatic hydroxyl groups excluding tert-OH is 1. The normalized spacial score (nSPS) is 13.5. The molecule has 0 aliphatic rings. The molecule has 150 valence electrons. The van der Waals surface area contributed by atoms with Crippen molar-refractivity contribution < 1.29 is 23.8 Å². The Morgan fingerprint density at radius 3 is 2.22 bits per heavy atom. The lowest BCUT2D eigenvalue weighted by atomic mass is 10.0. The number of hydrogen-bond acceptors (Lipinski definition) is 8. The number of nitrogens with zero attached hydrogens (tertiary/aromatic N) is 2. The van der Waals surface area contributed by atoms with Crippen molar-refractivity contribution in [2.45, 2.75) is 39.3 Å². The van der Waals surface area contributed by atoms with E-state index in [1.54, 1.807) is 33.5 Å². The molecular weight excluding hydrogens is 350 g/mol. The summed E-state index contributed by atoms with van der Waals surface area (Å²) in [5.41, 5.74) is 0.690. The Balaban J connectivity index is 2.32. The minimum Gasteiger partial charge on any atom is -0.493 e. The van der Waals surface area contributed by atoms with Crippen LogP contribution >= 0.6 is 0 Å². The Bertz CT molecular complexity index is 707. The van der Waals surface area contributed by atoms with E-state index in [2.05, 4.69) is 29.3 Å². The van der Waals surface area contributed by atoms with Gasteiger partial charge in [-0.2, -0.15) is 4.98 Å². The molecule has 2 N–H and O–H groups in total. The van der Waals surface area contributed by atoms with Crippen LogP contribution in [-0.4, -0.2) is 49.2 Å². The molecule has 0 aliphatic heterocycles. The number of benzene rings is 1. The first-order chi connectivity index (χ1) is 12.9. The molecule has 8 heteroatoms. The highest BCUT2D eigenvalue weighted by Crippen LogP contribution is 2.40. The van der Waals surface area contributed by atoms with E-state index in [4.69, 9.17) is 18.7 Å². The smallest absolute Gasteiger partial charge is 0.244 e. The van der Waals surface area contributed by atoms with Crippen LogP contribution in [0.5, 0.6) is 17.2 Å². The van der Waals surface area contributed by atoms with Gasteiger partial charge < -0.3 is 29.2 Å². The fourth-order valence-electron chi connectivity index (χ4n) is 2.70. The van der Waals surface area contributed by atoms with Crippen LogP contribution in [0.25, 0.3) is 11.4 Å². The van der Waals surface area contributed by atoms with Gasteiger partial charge in [-0.15, -0.1) is 0 Å². The summed E-state index contributed by atoms with van der Waals surface area (Å²) >= 11 is 0. The zero-order valence-electron chi connectivity index (χ0n) is 16.8. The molecule has 1 heterocycles. The van der Waals surface area contributed by atoms with E-state index >= 15 is 0 Å². The Kier molecular flexibility index (Phi) is 7.44. The molecule has 0 spiro atoms. The molecule has 0 saturated heterocycles. The zero-order valence-corrected chi connectivity index (χ0v) is 16.8. The Morgan fingerprint density at radius 1 is 1.11 bits per heavy atom. The van der Waals surface area contributed by atoms with Gasteiger partial charge in [0, 0.05) is 12.1 Å². The van der Waals surface area contributed by atoms with E-state index in [0.717, 1.165) is 0 Å². The van der Waals surface area contributed by atoms with Crippen molar-refractivity contribution in [1.82, 2.24) is 15.5 Å². The molecule has 0 bridgehead atoms. The van der Waals surface area contributed by atoms with Gasteiger partial charge >= 0.3 is 0 Å². The fraction of sp³-hybridized carbons (Fsp3) is 0.579. The molecule has 27 heavy (non-hydrogen) atoms. The number of methoxy groups -OCH3 is 3. The van der Waals surface area contributed by atoms with Crippen molar-refractivity contribution in [3.05, 3.63) is 18.0 Å². The fourth-order valence-corrected chi connectivity index (χ4v) is 2.70. The molecule has 2 aromatic rings. The van der Waals surface area contributed by atoms with E-state index in [-0.39, 0.29) is 12.0 Å². The van der Waals surface area contributed by atoms with Gasteiger partial charge in [0.05, 0.1) is 33.5 Å². The standard InChI is InChI=1S/C19H29N3O5/c1-7-13(23)10-20-16(11(2)3)19-21-18(22-27-19)12-8-14(24-4)17(26-6)15(9-12)25-5/h8-9,11,13,16,20,23H,7,10H2,1-6H3/t13-,16-/m0/s1. The molecule has 0 amide bonds. The van der Waals surface area contributed by atoms with Crippen molar-refractivity contribution in [2.75, 3.05) is 27.9 Å². The van der Waals surface area contributed by atoms with Crippen molar-refractivity contribution in [3.63, 3.8) is 0 Å². The third-order valence-electron chi connectivity index (χ3n) is 4.34. The summed E-state index contributed by atoms with van der Waals surface area (Å²) in [5.74, 6) is 2.64. The largest absolute Gasteiger partial charge is 0.493 e. The summed E-state index contributed by atoms with van der Waals surface area (Å²) < 4.78 is 21.6. The summed E-state index contributed by atoms with van der Waals surface area (Å²) in [6.45, 7) is 6.51. The number of rotatable bonds is 10. The van der Waals surface area contributed by atoms with Crippen molar-refractivity contribution >= 4 is 0 Å². The van der Waals surface area contributed by atoms with Gasteiger partial charge in [-0.1, -0.05) is 25.9 Å². The first-order valence-corrected chi connectivity index (χ1v) is 9.00. The molecule has 0 aliphatic carbocycles. The van der Waals surface area contributed by atoms with Crippen LogP contribution in [0, 0.1) is 5.92 Å². The van der Waals surface area contributed by atoms with Gasteiger partial charge in [-0.25, -0.2) is 0 Å². The molecule has 8 nitrogen and oxygen atoms in total. The average Bonchev–Trinajstić information content (AvgIpc) is 3.16. The van der Waals surface area contributed by atoms with Crippen molar-refractivity contribution in [1.29, 1.82) is 0 Å². The third-order valence-corrected chi connectivity index (χ3v) is 4.34. The minimum absolute atomic E-state index is 0.158. The van der Waals surface area contributed by atoms with E-state index in [1.165, 1.54) is 0 Å². The van der Waals surface area contributed by atoms with E-state index in [9.17, 15) is 5.11 Å². The van der Waals surface area contributed by atoms with E-state index < -0.39 is 6.10 Å². The number of ether oxygens (including phenoxy) is 3. The van der Waals surface area contributed by atoms with Crippen LogP contribution in [-0.2, 0) is 0 Å². The summed E-state index contributed by atoms with van der Waals surface area (Å²) in [4.78, 5) is 4.54. The summed E-state index contributed by atoms with van der Waals surface area (Å²) in [5, 5.41) is 17.2. The third kappa shape index (κ3) is 4.90. The maximum Gasteiger partial charge on any atom is 0.244 e. The van der Waals surface area contributed by atoms with Gasteiger partial charge in [-0.3, -0.25) is 0 Å². The second-order valence-corrected chi connectivity index (χ2v) is 6.56. The molecule has 2 atom stereocenters. The molecule has 0 fully saturated rings. The highest BCUT2D eigenvalue weighted by atomic mass is 16.5.